The van der Waals surface area contributed by atoms with Crippen LogP contribution >= 0.6 is 31.9 Å². The molecule has 2 fully saturated rings. The zero-order valence-electron chi connectivity index (χ0n) is 9.21. The summed E-state index contributed by atoms with van der Waals surface area (Å²) in [5.74, 6) is -0.386. The van der Waals surface area contributed by atoms with E-state index in [1.54, 1.807) is 0 Å². The quantitative estimate of drug-likeness (QED) is 0.627. The van der Waals surface area contributed by atoms with Gasteiger partial charge in [0.1, 0.15) is 0 Å². The largest absolute Gasteiger partial charge is 0.345 e. The van der Waals surface area contributed by atoms with E-state index < -0.39 is 0 Å². The summed E-state index contributed by atoms with van der Waals surface area (Å²) in [6.07, 6.45) is 5.06. The van der Waals surface area contributed by atoms with E-state index in [0.717, 1.165) is 25.7 Å². The third-order valence-electron chi connectivity index (χ3n) is 3.13. The molecule has 0 aromatic rings. The zero-order valence-corrected chi connectivity index (χ0v) is 12.4. The molecule has 0 spiro atoms. The van der Waals surface area contributed by atoms with Crippen molar-refractivity contribution in [2.24, 2.45) is 0 Å². The molecule has 0 N–H and O–H groups in total. The molecule has 1 saturated carbocycles. The van der Waals surface area contributed by atoms with E-state index in [2.05, 4.69) is 31.9 Å². The minimum Gasteiger partial charge on any atom is -0.345 e. The first kappa shape index (κ1) is 12.3. The fraction of sp³-hybridized carbons (Fsp3) is 1.00. The van der Waals surface area contributed by atoms with Gasteiger partial charge in [-0.15, -0.1) is 0 Å². The first-order valence-electron chi connectivity index (χ1n) is 5.62. The Bertz CT molecular complexity index is 211. The molecule has 88 valence electrons. The lowest BCUT2D eigenvalue weighted by Gasteiger charge is -2.25. The van der Waals surface area contributed by atoms with Crippen molar-refractivity contribution >= 4 is 31.9 Å². The summed E-state index contributed by atoms with van der Waals surface area (Å²) < 4.78 is 11.8. The standard InChI is InChI=1S/C11H18Br2O2/c1-11(2)14-9-5-3-7(12)8(13)4-6-10(9)15-11/h7-10H,3-6H2,1-2H3/t7-,8-,9-,10+/m1/s1. The van der Waals surface area contributed by atoms with Gasteiger partial charge in [-0.1, -0.05) is 31.9 Å². The van der Waals surface area contributed by atoms with Crippen molar-refractivity contribution in [2.75, 3.05) is 0 Å². The molecule has 1 aliphatic carbocycles. The van der Waals surface area contributed by atoms with Gasteiger partial charge in [0.25, 0.3) is 0 Å². The van der Waals surface area contributed by atoms with Crippen molar-refractivity contribution in [2.45, 2.75) is 67.2 Å². The molecule has 1 heterocycles. The van der Waals surface area contributed by atoms with Crippen LogP contribution in [0.5, 0.6) is 0 Å². The average Bonchev–Trinajstić information content (AvgIpc) is 2.44. The van der Waals surface area contributed by atoms with E-state index in [-0.39, 0.29) is 5.79 Å². The van der Waals surface area contributed by atoms with E-state index in [1.165, 1.54) is 0 Å². The topological polar surface area (TPSA) is 18.5 Å². The highest BCUT2D eigenvalue weighted by atomic mass is 79.9. The number of hydrogen-bond donors (Lipinski definition) is 0. The fourth-order valence-corrected chi connectivity index (χ4v) is 3.46. The van der Waals surface area contributed by atoms with Gasteiger partial charge in [-0.25, -0.2) is 0 Å². The molecule has 0 aromatic heterocycles. The lowest BCUT2D eigenvalue weighted by atomic mass is 9.96. The normalized spacial score (nSPS) is 45.6. The summed E-state index contributed by atoms with van der Waals surface area (Å²) in [5.41, 5.74) is 0. The number of halogens is 2. The van der Waals surface area contributed by atoms with E-state index in [4.69, 9.17) is 9.47 Å². The van der Waals surface area contributed by atoms with E-state index in [1.807, 2.05) is 13.8 Å². The molecule has 4 heteroatoms. The fourth-order valence-electron chi connectivity index (χ4n) is 2.41. The Hall–Kier alpha value is 0.880. The van der Waals surface area contributed by atoms with Crippen molar-refractivity contribution in [1.29, 1.82) is 0 Å². The van der Waals surface area contributed by atoms with Gasteiger partial charge in [-0.3, -0.25) is 0 Å². The predicted molar refractivity (Wildman–Crippen MR) is 67.7 cm³/mol. The number of ether oxygens (including phenoxy) is 2. The summed E-state index contributed by atoms with van der Waals surface area (Å²) in [4.78, 5) is 1.12. The molecule has 2 nitrogen and oxygen atoms in total. The Kier molecular flexibility index (Phi) is 3.81. The Morgan fingerprint density at radius 2 is 1.27 bits per heavy atom. The van der Waals surface area contributed by atoms with Gasteiger partial charge in [-0.05, 0) is 39.5 Å². The maximum Gasteiger partial charge on any atom is 0.163 e. The molecule has 4 atom stereocenters. The average molecular weight is 342 g/mol. The van der Waals surface area contributed by atoms with Crippen LogP contribution in [-0.4, -0.2) is 27.6 Å². The Labute approximate surface area is 108 Å². The molecule has 1 aliphatic heterocycles. The van der Waals surface area contributed by atoms with E-state index in [0.29, 0.717) is 21.9 Å². The van der Waals surface area contributed by atoms with Gasteiger partial charge in [0.05, 0.1) is 12.2 Å². The van der Waals surface area contributed by atoms with Gasteiger partial charge in [0.2, 0.25) is 0 Å². The van der Waals surface area contributed by atoms with Gasteiger partial charge in [0, 0.05) is 9.65 Å². The highest BCUT2D eigenvalue weighted by Gasteiger charge is 2.42. The van der Waals surface area contributed by atoms with Crippen LogP contribution in [0.1, 0.15) is 39.5 Å². The van der Waals surface area contributed by atoms with Gasteiger partial charge in [0.15, 0.2) is 5.79 Å². The van der Waals surface area contributed by atoms with E-state index in [9.17, 15) is 0 Å². The van der Waals surface area contributed by atoms with Gasteiger partial charge in [-0.2, -0.15) is 0 Å². The van der Waals surface area contributed by atoms with Crippen LogP contribution in [0.4, 0.5) is 0 Å². The second-order valence-electron chi connectivity index (χ2n) is 4.90. The first-order chi connectivity index (χ1) is 6.98. The monoisotopic (exact) mass is 340 g/mol. The summed E-state index contributed by atoms with van der Waals surface area (Å²) in [6.45, 7) is 4.02. The van der Waals surface area contributed by atoms with Crippen LogP contribution in [0.3, 0.4) is 0 Å². The maximum atomic E-state index is 5.91. The van der Waals surface area contributed by atoms with Gasteiger partial charge >= 0.3 is 0 Å². The Morgan fingerprint density at radius 3 is 1.67 bits per heavy atom. The van der Waals surface area contributed by atoms with Crippen molar-refractivity contribution in [3.63, 3.8) is 0 Å². The molecule has 2 rings (SSSR count). The molecular weight excluding hydrogens is 324 g/mol. The van der Waals surface area contributed by atoms with Crippen LogP contribution in [0.15, 0.2) is 0 Å². The van der Waals surface area contributed by atoms with Crippen molar-refractivity contribution in [3.8, 4) is 0 Å². The minimum atomic E-state index is -0.386. The number of hydrogen-bond acceptors (Lipinski definition) is 2. The molecule has 15 heavy (non-hydrogen) atoms. The molecular formula is C11H18Br2O2. The number of rotatable bonds is 0. The Balaban J connectivity index is 2.00. The second-order valence-corrected chi connectivity index (χ2v) is 7.25. The number of alkyl halides is 2. The molecule has 0 amide bonds. The predicted octanol–water partition coefficient (Wildman–Crippen LogP) is 3.61. The SMILES string of the molecule is CC1(C)O[C@H]2CC[C@@H](Br)[C@H](Br)CC[C@H]2O1. The van der Waals surface area contributed by atoms with Crippen LogP contribution in [0, 0.1) is 0 Å². The molecule has 2 aliphatic rings. The van der Waals surface area contributed by atoms with Crippen molar-refractivity contribution in [3.05, 3.63) is 0 Å². The highest BCUT2D eigenvalue weighted by Crippen LogP contribution is 2.37. The first-order valence-corrected chi connectivity index (χ1v) is 7.45. The van der Waals surface area contributed by atoms with Crippen molar-refractivity contribution < 1.29 is 9.47 Å². The highest BCUT2D eigenvalue weighted by molar-refractivity contribution is 9.12. The second kappa shape index (κ2) is 4.63. The summed E-state index contributed by atoms with van der Waals surface area (Å²) >= 11 is 7.44. The smallest absolute Gasteiger partial charge is 0.163 e. The summed E-state index contributed by atoms with van der Waals surface area (Å²) in [7, 11) is 0. The van der Waals surface area contributed by atoms with Crippen LogP contribution in [-0.2, 0) is 9.47 Å². The maximum absolute atomic E-state index is 5.91. The van der Waals surface area contributed by atoms with Gasteiger partial charge < -0.3 is 9.47 Å². The lowest BCUT2D eigenvalue weighted by Crippen LogP contribution is -2.29. The molecule has 0 unspecified atom stereocenters. The third-order valence-corrected chi connectivity index (χ3v) is 6.03. The number of fused-ring (bicyclic) bond motifs is 1. The van der Waals surface area contributed by atoms with E-state index >= 15 is 0 Å². The minimum absolute atomic E-state index is 0.292. The molecule has 0 bridgehead atoms. The lowest BCUT2D eigenvalue weighted by molar-refractivity contribution is -0.146. The Morgan fingerprint density at radius 1 is 0.867 bits per heavy atom. The van der Waals surface area contributed by atoms with Crippen LogP contribution in [0.25, 0.3) is 0 Å². The van der Waals surface area contributed by atoms with Crippen molar-refractivity contribution in [1.82, 2.24) is 0 Å². The zero-order chi connectivity index (χ0) is 11.1. The molecule has 0 radical (unpaired) electrons. The molecule has 0 aromatic carbocycles. The van der Waals surface area contributed by atoms with Crippen LogP contribution in [0.2, 0.25) is 0 Å². The summed E-state index contributed by atoms with van der Waals surface area (Å²) in [5, 5.41) is 0. The molecule has 1 saturated heterocycles. The third kappa shape index (κ3) is 2.96. The summed E-state index contributed by atoms with van der Waals surface area (Å²) in [6, 6.07) is 0. The van der Waals surface area contributed by atoms with Crippen LogP contribution < -0.4 is 0 Å².